The second kappa shape index (κ2) is 11.0. The lowest BCUT2D eigenvalue weighted by atomic mass is 9.97. The average molecular weight is 522 g/mol. The molecule has 0 spiro atoms. The molecule has 1 fully saturated rings. The second-order valence-corrected chi connectivity index (χ2v) is 11.6. The van der Waals surface area contributed by atoms with Crippen molar-refractivity contribution in [3.63, 3.8) is 0 Å². The molecule has 1 amide bonds. The van der Waals surface area contributed by atoms with Crippen LogP contribution in [-0.2, 0) is 14.8 Å². The van der Waals surface area contributed by atoms with Gasteiger partial charge in [0.25, 0.3) is 0 Å². The van der Waals surface area contributed by atoms with Crippen molar-refractivity contribution >= 4 is 33.8 Å². The van der Waals surface area contributed by atoms with E-state index in [2.05, 4.69) is 17.3 Å². The first-order chi connectivity index (χ1) is 17.6. The van der Waals surface area contributed by atoms with Gasteiger partial charge in [-0.15, -0.1) is 0 Å². The Hall–Kier alpha value is -3.23. The fourth-order valence-electron chi connectivity index (χ4n) is 5.20. The van der Waals surface area contributed by atoms with Gasteiger partial charge in [-0.3, -0.25) is 4.79 Å². The summed E-state index contributed by atoms with van der Waals surface area (Å²) in [5, 5.41) is 3.98. The normalized spacial score (nSPS) is 16.8. The number of aromatic nitrogens is 1. The van der Waals surface area contributed by atoms with Crippen molar-refractivity contribution in [3.05, 3.63) is 76.2 Å². The zero-order valence-corrected chi connectivity index (χ0v) is 23.0. The minimum Gasteiger partial charge on any atom is -0.355 e. The highest BCUT2D eigenvalue weighted by molar-refractivity contribution is 7.89. The van der Waals surface area contributed by atoms with Crippen LogP contribution < -0.4 is 4.90 Å². The Morgan fingerprint density at radius 1 is 1.11 bits per heavy atom. The van der Waals surface area contributed by atoms with Crippen molar-refractivity contribution in [1.82, 2.24) is 9.46 Å². The van der Waals surface area contributed by atoms with E-state index in [1.54, 1.807) is 17.9 Å². The Bertz CT molecular complexity index is 1390. The Balaban J connectivity index is 1.60. The van der Waals surface area contributed by atoms with Gasteiger partial charge in [0, 0.05) is 25.3 Å². The summed E-state index contributed by atoms with van der Waals surface area (Å²) in [7, 11) is -3.92. The van der Waals surface area contributed by atoms with Crippen LogP contribution in [0.1, 0.15) is 53.5 Å². The zero-order valence-electron chi connectivity index (χ0n) is 22.2. The van der Waals surface area contributed by atoms with Crippen LogP contribution in [0.5, 0.6) is 0 Å². The molecule has 1 aliphatic rings. The quantitative estimate of drug-likeness (QED) is 0.408. The lowest BCUT2D eigenvalue weighted by Crippen LogP contribution is -2.47. The lowest BCUT2D eigenvalue weighted by molar-refractivity contribution is -0.123. The monoisotopic (exact) mass is 521 g/mol. The fourth-order valence-corrected chi connectivity index (χ4v) is 6.97. The summed E-state index contributed by atoms with van der Waals surface area (Å²) in [5.41, 5.74) is 5.53. The summed E-state index contributed by atoms with van der Waals surface area (Å²) in [5.74, 6) is -0.272. The van der Waals surface area contributed by atoms with Crippen LogP contribution in [0.4, 0.5) is 5.69 Å². The third-order valence-electron chi connectivity index (χ3n) is 6.95. The van der Waals surface area contributed by atoms with Crippen LogP contribution in [-0.4, -0.2) is 43.4 Å². The van der Waals surface area contributed by atoms with E-state index < -0.39 is 15.9 Å². The van der Waals surface area contributed by atoms with Gasteiger partial charge in [0.1, 0.15) is 5.69 Å². The van der Waals surface area contributed by atoms with E-state index in [-0.39, 0.29) is 23.1 Å². The third-order valence-corrected chi connectivity index (χ3v) is 8.98. The highest BCUT2D eigenvalue weighted by Crippen LogP contribution is 2.31. The van der Waals surface area contributed by atoms with Gasteiger partial charge in [-0.25, -0.2) is 8.42 Å². The standard InChI is InChI=1S/C29H35N3O4S/c1-6-32(25-12-8-7-9-13-25)29(33)24-11-10-16-31(19-24)37(34,35)28-23(5)30-36-27(28)15-14-26-21(3)17-20(2)18-22(26)4/h7-9,12-15,17-18,24H,6,10-11,16,19H2,1-5H3/b15-14+/t24-/m0/s1. The molecule has 2 heterocycles. The molecular formula is C29H35N3O4S. The van der Waals surface area contributed by atoms with Crippen molar-refractivity contribution in [2.75, 3.05) is 24.5 Å². The predicted octanol–water partition coefficient (Wildman–Crippen LogP) is 5.53. The van der Waals surface area contributed by atoms with Crippen LogP contribution >= 0.6 is 0 Å². The molecule has 0 bridgehead atoms. The molecule has 0 aliphatic carbocycles. The van der Waals surface area contributed by atoms with Crippen LogP contribution in [0.25, 0.3) is 12.2 Å². The number of piperidine rings is 1. The molecule has 0 radical (unpaired) electrons. The number of sulfonamides is 1. The van der Waals surface area contributed by atoms with Crippen molar-refractivity contribution in [2.45, 2.75) is 52.4 Å². The van der Waals surface area contributed by atoms with E-state index >= 15 is 0 Å². The summed E-state index contributed by atoms with van der Waals surface area (Å²) >= 11 is 0. The van der Waals surface area contributed by atoms with Gasteiger partial charge in [0.05, 0.1) is 5.92 Å². The number of amides is 1. The molecule has 8 heteroatoms. The van der Waals surface area contributed by atoms with Crippen LogP contribution in [0.15, 0.2) is 51.9 Å². The molecule has 0 unspecified atom stereocenters. The summed E-state index contributed by atoms with van der Waals surface area (Å²) < 4.78 is 34.5. The van der Waals surface area contributed by atoms with E-state index in [0.29, 0.717) is 31.6 Å². The van der Waals surface area contributed by atoms with Crippen molar-refractivity contribution < 1.29 is 17.7 Å². The maximum Gasteiger partial charge on any atom is 0.248 e. The maximum absolute atomic E-state index is 13.8. The maximum atomic E-state index is 13.8. The molecule has 3 aromatic rings. The average Bonchev–Trinajstić information content (AvgIpc) is 3.25. The largest absolute Gasteiger partial charge is 0.355 e. The molecule has 1 atom stereocenters. The molecule has 1 saturated heterocycles. The Morgan fingerprint density at radius 3 is 2.43 bits per heavy atom. The van der Waals surface area contributed by atoms with Crippen LogP contribution in [0.2, 0.25) is 0 Å². The number of anilines is 1. The lowest BCUT2D eigenvalue weighted by Gasteiger charge is -2.34. The molecule has 1 aromatic heterocycles. The number of rotatable bonds is 7. The Labute approximate surface area is 219 Å². The highest BCUT2D eigenvalue weighted by atomic mass is 32.2. The summed E-state index contributed by atoms with van der Waals surface area (Å²) in [6.07, 6.45) is 4.82. The molecular weight excluding hydrogens is 486 g/mol. The van der Waals surface area contributed by atoms with E-state index in [4.69, 9.17) is 4.52 Å². The first kappa shape index (κ1) is 26.8. The Kier molecular flexibility index (Phi) is 7.99. The third kappa shape index (κ3) is 5.55. The van der Waals surface area contributed by atoms with Crippen molar-refractivity contribution in [1.29, 1.82) is 0 Å². The number of hydrogen-bond acceptors (Lipinski definition) is 5. The fraction of sp³-hybridized carbons (Fsp3) is 0.379. The van der Waals surface area contributed by atoms with Gasteiger partial charge in [0.15, 0.2) is 10.7 Å². The molecule has 2 aromatic carbocycles. The minimum atomic E-state index is -3.92. The van der Waals surface area contributed by atoms with Gasteiger partial charge in [0.2, 0.25) is 15.9 Å². The number of para-hydroxylation sites is 1. The first-order valence-corrected chi connectivity index (χ1v) is 14.2. The van der Waals surface area contributed by atoms with Gasteiger partial charge < -0.3 is 9.42 Å². The predicted molar refractivity (Wildman–Crippen MR) is 147 cm³/mol. The second-order valence-electron chi connectivity index (χ2n) is 9.73. The number of carbonyl (C=O) groups is 1. The van der Waals surface area contributed by atoms with E-state index in [0.717, 1.165) is 22.4 Å². The van der Waals surface area contributed by atoms with Crippen LogP contribution in [0, 0.1) is 33.6 Å². The van der Waals surface area contributed by atoms with Crippen molar-refractivity contribution in [3.8, 4) is 0 Å². The highest BCUT2D eigenvalue weighted by Gasteiger charge is 2.38. The topological polar surface area (TPSA) is 83.7 Å². The van der Waals surface area contributed by atoms with Gasteiger partial charge in [-0.2, -0.15) is 4.31 Å². The Morgan fingerprint density at radius 2 is 1.78 bits per heavy atom. The van der Waals surface area contributed by atoms with Gasteiger partial charge in [-0.05, 0) is 82.4 Å². The molecule has 1 aliphatic heterocycles. The molecule has 37 heavy (non-hydrogen) atoms. The van der Waals surface area contributed by atoms with E-state index in [1.165, 1.54) is 9.87 Å². The smallest absolute Gasteiger partial charge is 0.248 e. The van der Waals surface area contributed by atoms with E-state index in [1.807, 2.05) is 64.1 Å². The zero-order chi connectivity index (χ0) is 26.7. The summed E-state index contributed by atoms with van der Waals surface area (Å²) in [6.45, 7) is 10.7. The molecule has 7 nitrogen and oxygen atoms in total. The summed E-state index contributed by atoms with van der Waals surface area (Å²) in [4.78, 5) is 15.2. The number of nitrogens with zero attached hydrogens (tertiary/aromatic N) is 3. The first-order valence-electron chi connectivity index (χ1n) is 12.7. The number of aryl methyl sites for hydroxylation is 4. The minimum absolute atomic E-state index is 0.0546. The SMILES string of the molecule is CCN(C(=O)[C@H]1CCCN(S(=O)(=O)c2c(C)noc2/C=C/c2c(C)cc(C)cc2C)C1)c1ccccc1. The van der Waals surface area contributed by atoms with Gasteiger partial charge >= 0.3 is 0 Å². The molecule has 4 rings (SSSR count). The van der Waals surface area contributed by atoms with Gasteiger partial charge in [-0.1, -0.05) is 47.1 Å². The molecule has 0 saturated carbocycles. The number of benzene rings is 2. The summed E-state index contributed by atoms with van der Waals surface area (Å²) in [6, 6.07) is 13.7. The number of carbonyl (C=O) groups excluding carboxylic acids is 1. The molecule has 0 N–H and O–H groups in total. The molecule has 196 valence electrons. The number of hydrogen-bond donors (Lipinski definition) is 0. The van der Waals surface area contributed by atoms with Crippen molar-refractivity contribution in [2.24, 2.45) is 5.92 Å². The van der Waals surface area contributed by atoms with Crippen LogP contribution in [0.3, 0.4) is 0 Å². The van der Waals surface area contributed by atoms with E-state index in [9.17, 15) is 13.2 Å².